The lowest BCUT2D eigenvalue weighted by atomic mass is 9.69. The van der Waals surface area contributed by atoms with E-state index in [1.807, 2.05) is 30.3 Å². The molecule has 218 valence electrons. The Hall–Kier alpha value is -4.16. The first-order valence-corrected chi connectivity index (χ1v) is 13.1. The first kappa shape index (κ1) is 28.4. The van der Waals surface area contributed by atoms with E-state index in [2.05, 4.69) is 0 Å². The number of benzene rings is 2. The molecule has 0 radical (unpaired) electrons. The van der Waals surface area contributed by atoms with Gasteiger partial charge in [-0.25, -0.2) is 19.5 Å². The topological polar surface area (TPSA) is 141 Å². The molecular weight excluding hydrogens is 536 g/mol. The van der Waals surface area contributed by atoms with Gasteiger partial charge < -0.3 is 28.8 Å². The van der Waals surface area contributed by atoms with Crippen LogP contribution in [-0.2, 0) is 40.7 Å². The number of amides is 1. The molecule has 1 unspecified atom stereocenters. The summed E-state index contributed by atoms with van der Waals surface area (Å²) in [6.45, 7) is 5.81. The molecule has 2 aromatic rings. The number of fused-ring (bicyclic) bond motifs is 6. The highest BCUT2D eigenvalue weighted by molar-refractivity contribution is 5.94. The molecule has 0 spiro atoms. The summed E-state index contributed by atoms with van der Waals surface area (Å²) in [7, 11) is 1.23. The monoisotopic (exact) mass is 568 g/mol. The van der Waals surface area contributed by atoms with Gasteiger partial charge in [-0.2, -0.15) is 0 Å². The number of hydrogen-bond donors (Lipinski definition) is 1. The summed E-state index contributed by atoms with van der Waals surface area (Å²) in [5.74, 6) is -3.69. The molecule has 0 aliphatic carbocycles. The SMILES string of the molecule is COC(=O)c1cc(OCc2ccccc2)c2c(c1)N1C[C@H]3[C@H](N3C(=O)OC(C)(C)C)C(O)(O1)[C@@]2(C=O)COC(C)=O. The molecule has 4 atom stereocenters. The Balaban J connectivity index is 1.67. The zero-order valence-corrected chi connectivity index (χ0v) is 23.4. The van der Waals surface area contributed by atoms with Crippen molar-refractivity contribution in [2.24, 2.45) is 0 Å². The molecule has 3 aliphatic rings. The predicted octanol–water partition coefficient (Wildman–Crippen LogP) is 2.49. The van der Waals surface area contributed by atoms with Crippen molar-refractivity contribution in [3.05, 3.63) is 59.2 Å². The third-order valence-corrected chi connectivity index (χ3v) is 7.34. The maximum atomic E-state index is 13.2. The van der Waals surface area contributed by atoms with E-state index in [0.717, 1.165) is 5.56 Å². The number of anilines is 1. The number of hydroxylamine groups is 1. The Kier molecular flexibility index (Phi) is 6.94. The number of esters is 2. The van der Waals surface area contributed by atoms with Crippen LogP contribution in [0.1, 0.15) is 49.2 Å². The molecule has 2 aromatic carbocycles. The molecule has 5 rings (SSSR count). The summed E-state index contributed by atoms with van der Waals surface area (Å²) in [4.78, 5) is 58.3. The molecule has 41 heavy (non-hydrogen) atoms. The summed E-state index contributed by atoms with van der Waals surface area (Å²) in [5.41, 5.74) is -1.64. The minimum Gasteiger partial charge on any atom is -0.488 e. The van der Waals surface area contributed by atoms with Crippen LogP contribution in [0.5, 0.6) is 5.75 Å². The molecule has 12 nitrogen and oxygen atoms in total. The number of carbonyl (C=O) groups is 4. The molecule has 0 saturated carbocycles. The Bertz CT molecular complexity index is 1390. The van der Waals surface area contributed by atoms with E-state index < -0.39 is 53.5 Å². The highest BCUT2D eigenvalue weighted by atomic mass is 16.8. The number of carbonyl (C=O) groups excluding carboxylic acids is 4. The van der Waals surface area contributed by atoms with Crippen LogP contribution in [0.2, 0.25) is 0 Å². The Morgan fingerprint density at radius 2 is 1.88 bits per heavy atom. The van der Waals surface area contributed by atoms with Crippen LogP contribution < -0.4 is 9.80 Å². The third-order valence-electron chi connectivity index (χ3n) is 7.34. The van der Waals surface area contributed by atoms with Gasteiger partial charge in [0, 0.05) is 12.5 Å². The summed E-state index contributed by atoms with van der Waals surface area (Å²) in [6, 6.07) is 10.4. The maximum Gasteiger partial charge on any atom is 0.411 e. The zero-order chi connectivity index (χ0) is 29.7. The molecule has 2 fully saturated rings. The quantitative estimate of drug-likeness (QED) is 0.228. The Labute approximate surface area is 236 Å². The van der Waals surface area contributed by atoms with Crippen LogP contribution in [0.3, 0.4) is 0 Å². The fraction of sp³-hybridized carbons (Fsp3) is 0.448. The molecule has 1 amide bonds. The van der Waals surface area contributed by atoms with Gasteiger partial charge in [-0.15, -0.1) is 0 Å². The van der Waals surface area contributed by atoms with Crippen LogP contribution in [0, 0.1) is 0 Å². The van der Waals surface area contributed by atoms with Crippen molar-refractivity contribution in [1.82, 2.24) is 4.90 Å². The molecule has 1 N–H and O–H groups in total. The van der Waals surface area contributed by atoms with Crippen molar-refractivity contribution in [3.63, 3.8) is 0 Å². The van der Waals surface area contributed by atoms with Gasteiger partial charge in [0.1, 0.15) is 42.3 Å². The highest BCUT2D eigenvalue weighted by Crippen LogP contribution is 2.59. The van der Waals surface area contributed by atoms with Gasteiger partial charge in [0.25, 0.3) is 0 Å². The van der Waals surface area contributed by atoms with E-state index in [-0.39, 0.29) is 35.7 Å². The van der Waals surface area contributed by atoms with E-state index >= 15 is 0 Å². The van der Waals surface area contributed by atoms with Gasteiger partial charge in [0.05, 0.1) is 30.9 Å². The van der Waals surface area contributed by atoms with E-state index in [1.165, 1.54) is 36.1 Å². The van der Waals surface area contributed by atoms with Crippen molar-refractivity contribution in [2.75, 3.05) is 25.3 Å². The van der Waals surface area contributed by atoms with Crippen LogP contribution in [0.25, 0.3) is 0 Å². The van der Waals surface area contributed by atoms with Crippen molar-refractivity contribution in [1.29, 1.82) is 0 Å². The minimum atomic E-state index is -2.38. The molecular formula is C29H32N2O10. The molecule has 3 aliphatic heterocycles. The number of hydrogen-bond acceptors (Lipinski definition) is 11. The second-order valence-electron chi connectivity index (χ2n) is 11.3. The largest absolute Gasteiger partial charge is 0.488 e. The number of aldehydes is 1. The van der Waals surface area contributed by atoms with Gasteiger partial charge in [0.2, 0.25) is 5.79 Å². The van der Waals surface area contributed by atoms with Crippen molar-refractivity contribution in [2.45, 2.75) is 63.2 Å². The van der Waals surface area contributed by atoms with Crippen molar-refractivity contribution >= 4 is 30.0 Å². The zero-order valence-electron chi connectivity index (χ0n) is 23.4. The Morgan fingerprint density at radius 3 is 2.49 bits per heavy atom. The lowest BCUT2D eigenvalue weighted by Gasteiger charge is -2.52. The maximum absolute atomic E-state index is 13.2. The van der Waals surface area contributed by atoms with Gasteiger partial charge in [-0.05, 0) is 38.5 Å². The Morgan fingerprint density at radius 1 is 1.17 bits per heavy atom. The van der Waals surface area contributed by atoms with Crippen LogP contribution in [0.4, 0.5) is 10.5 Å². The average molecular weight is 569 g/mol. The third kappa shape index (κ3) is 4.76. The number of rotatable bonds is 7. The first-order chi connectivity index (χ1) is 19.3. The minimum absolute atomic E-state index is 0.0514. The molecule has 0 aromatic heterocycles. The number of methoxy groups -OCH3 is 1. The van der Waals surface area contributed by atoms with E-state index in [1.54, 1.807) is 20.8 Å². The second-order valence-corrected chi connectivity index (χ2v) is 11.3. The average Bonchev–Trinajstić information content (AvgIpc) is 3.66. The predicted molar refractivity (Wildman–Crippen MR) is 142 cm³/mol. The highest BCUT2D eigenvalue weighted by Gasteiger charge is 2.77. The summed E-state index contributed by atoms with van der Waals surface area (Å²) >= 11 is 0. The molecule has 2 bridgehead atoms. The fourth-order valence-corrected chi connectivity index (χ4v) is 5.48. The summed E-state index contributed by atoms with van der Waals surface area (Å²) in [6.07, 6.45) is -0.266. The summed E-state index contributed by atoms with van der Waals surface area (Å²) < 4.78 is 22.0. The fourth-order valence-electron chi connectivity index (χ4n) is 5.48. The van der Waals surface area contributed by atoms with E-state index in [9.17, 15) is 24.3 Å². The van der Waals surface area contributed by atoms with Gasteiger partial charge in [-0.1, -0.05) is 30.3 Å². The molecule has 3 heterocycles. The van der Waals surface area contributed by atoms with Crippen LogP contribution in [-0.4, -0.2) is 78.1 Å². The molecule has 2 saturated heterocycles. The lowest BCUT2D eigenvalue weighted by Crippen LogP contribution is -2.69. The number of aliphatic hydroxyl groups is 1. The van der Waals surface area contributed by atoms with Gasteiger partial charge in [0.15, 0.2) is 0 Å². The van der Waals surface area contributed by atoms with Gasteiger partial charge in [-0.3, -0.25) is 9.69 Å². The van der Waals surface area contributed by atoms with Crippen molar-refractivity contribution < 1.29 is 48.1 Å². The smallest absolute Gasteiger partial charge is 0.411 e. The lowest BCUT2D eigenvalue weighted by molar-refractivity contribution is -0.272. The standard InChI is InChI=1S/C29H32N2O10/c1-17(33)39-16-28(15-32)23-20(11-19(25(34)37-5)12-22(23)38-14-18-9-7-6-8-10-18)30-13-21-24(29(28,36)41-30)31(21)26(35)40-27(2,3)4/h6-12,15,21,24,36H,13-14,16H2,1-5H3/t21-,24-,28-,29?,31?/m0/s1. The van der Waals surface area contributed by atoms with Crippen LogP contribution >= 0.6 is 0 Å². The number of nitrogens with zero attached hydrogens (tertiary/aromatic N) is 2. The first-order valence-electron chi connectivity index (χ1n) is 13.1. The number of ether oxygens (including phenoxy) is 4. The van der Waals surface area contributed by atoms with E-state index in [4.69, 9.17) is 23.8 Å². The van der Waals surface area contributed by atoms with Crippen molar-refractivity contribution in [3.8, 4) is 5.75 Å². The molecule has 12 heteroatoms. The summed E-state index contributed by atoms with van der Waals surface area (Å²) in [5, 5.41) is 13.6. The van der Waals surface area contributed by atoms with Gasteiger partial charge >= 0.3 is 18.0 Å². The van der Waals surface area contributed by atoms with Crippen LogP contribution in [0.15, 0.2) is 42.5 Å². The van der Waals surface area contributed by atoms with E-state index in [0.29, 0.717) is 6.29 Å². The second kappa shape index (κ2) is 10.0. The normalized spacial score (nSPS) is 25.8.